The smallest absolute Gasteiger partial charge is 0.229 e. The lowest BCUT2D eigenvalue weighted by molar-refractivity contribution is -0.138. The summed E-state index contributed by atoms with van der Waals surface area (Å²) in [5.41, 5.74) is 2.10. The van der Waals surface area contributed by atoms with Crippen molar-refractivity contribution in [2.24, 2.45) is 5.92 Å². The molecular weight excluding hydrogens is 340 g/mol. The number of fused-ring (bicyclic) bond motifs is 1. The van der Waals surface area contributed by atoms with Crippen molar-refractivity contribution in [2.75, 3.05) is 31.6 Å². The third kappa shape index (κ3) is 3.75. The van der Waals surface area contributed by atoms with Crippen molar-refractivity contribution in [1.82, 2.24) is 14.9 Å². The van der Waals surface area contributed by atoms with E-state index in [9.17, 15) is 4.79 Å². The molecule has 0 aliphatic carbocycles. The van der Waals surface area contributed by atoms with Crippen LogP contribution in [0.1, 0.15) is 24.1 Å². The molecule has 1 amide bonds. The summed E-state index contributed by atoms with van der Waals surface area (Å²) in [5.74, 6) is 2.02. The number of aryl methyl sites for hydroxylation is 1. The first-order chi connectivity index (χ1) is 13.1. The molecule has 0 spiro atoms. The van der Waals surface area contributed by atoms with Crippen molar-refractivity contribution in [1.29, 1.82) is 0 Å². The van der Waals surface area contributed by atoms with Gasteiger partial charge in [-0.15, -0.1) is 0 Å². The molecule has 2 aliphatic rings. The molecule has 1 aromatic heterocycles. The molecule has 1 fully saturated rings. The molecule has 0 saturated carbocycles. The number of benzene rings is 1. The van der Waals surface area contributed by atoms with Crippen molar-refractivity contribution in [2.45, 2.75) is 32.2 Å². The quantitative estimate of drug-likeness (QED) is 0.835. The minimum absolute atomic E-state index is 0.0707. The summed E-state index contributed by atoms with van der Waals surface area (Å²) in [6.45, 7) is 4.03. The summed E-state index contributed by atoms with van der Waals surface area (Å²) in [5, 5.41) is 0. The Labute approximate surface area is 160 Å². The number of hydrogen-bond donors (Lipinski definition) is 0. The molecule has 1 saturated heterocycles. The largest absolute Gasteiger partial charge is 0.492 e. The maximum Gasteiger partial charge on any atom is 0.229 e. The van der Waals surface area contributed by atoms with Crippen LogP contribution in [0.5, 0.6) is 5.75 Å². The van der Waals surface area contributed by atoms with E-state index in [1.54, 1.807) is 6.33 Å². The van der Waals surface area contributed by atoms with Crippen LogP contribution in [0.4, 0.5) is 5.82 Å². The Morgan fingerprint density at radius 1 is 1.22 bits per heavy atom. The number of aromatic nitrogens is 2. The Hall–Kier alpha value is -2.63. The third-order valence-electron chi connectivity index (χ3n) is 5.70. The van der Waals surface area contributed by atoms with Crippen molar-refractivity contribution in [3.8, 4) is 5.75 Å². The molecule has 1 atom stereocenters. The fraction of sp³-hybridized carbons (Fsp3) is 0.476. The van der Waals surface area contributed by atoms with Crippen LogP contribution in [0.2, 0.25) is 0 Å². The van der Waals surface area contributed by atoms with Gasteiger partial charge in [0.1, 0.15) is 24.5 Å². The summed E-state index contributed by atoms with van der Waals surface area (Å²) >= 11 is 0. The van der Waals surface area contributed by atoms with E-state index in [0.29, 0.717) is 12.6 Å². The van der Waals surface area contributed by atoms with Gasteiger partial charge in [-0.3, -0.25) is 4.79 Å². The van der Waals surface area contributed by atoms with Gasteiger partial charge in [-0.25, -0.2) is 9.97 Å². The molecule has 6 nitrogen and oxygen atoms in total. The minimum atomic E-state index is -0.0707. The number of ether oxygens (including phenoxy) is 1. The van der Waals surface area contributed by atoms with Crippen molar-refractivity contribution < 1.29 is 9.53 Å². The highest BCUT2D eigenvalue weighted by Crippen LogP contribution is 2.29. The second-order valence-corrected chi connectivity index (χ2v) is 7.50. The van der Waals surface area contributed by atoms with Gasteiger partial charge in [-0.1, -0.05) is 18.2 Å². The van der Waals surface area contributed by atoms with Gasteiger partial charge < -0.3 is 14.5 Å². The minimum Gasteiger partial charge on any atom is -0.492 e. The molecule has 2 aliphatic heterocycles. The van der Waals surface area contributed by atoms with Gasteiger partial charge in [0.05, 0.1) is 5.92 Å². The van der Waals surface area contributed by atoms with Crippen LogP contribution in [0.25, 0.3) is 0 Å². The summed E-state index contributed by atoms with van der Waals surface area (Å²) in [4.78, 5) is 25.7. The summed E-state index contributed by atoms with van der Waals surface area (Å²) < 4.78 is 5.81. The third-order valence-corrected chi connectivity index (χ3v) is 5.70. The molecule has 2 aromatic rings. The normalized spacial score (nSPS) is 19.9. The number of para-hydroxylation sites is 1. The Kier molecular flexibility index (Phi) is 4.97. The first-order valence-electron chi connectivity index (χ1n) is 9.63. The Morgan fingerprint density at radius 3 is 2.78 bits per heavy atom. The summed E-state index contributed by atoms with van der Waals surface area (Å²) in [7, 11) is 2.08. The maximum atomic E-state index is 13.0. The van der Waals surface area contributed by atoms with E-state index in [4.69, 9.17) is 4.74 Å². The average molecular weight is 366 g/mol. The lowest BCUT2D eigenvalue weighted by atomic mass is 9.94. The van der Waals surface area contributed by atoms with E-state index < -0.39 is 0 Å². The molecule has 0 bridgehead atoms. The van der Waals surface area contributed by atoms with Crippen LogP contribution in [0, 0.1) is 12.8 Å². The maximum absolute atomic E-state index is 13.0. The second kappa shape index (κ2) is 7.55. The van der Waals surface area contributed by atoms with Gasteiger partial charge in [0.15, 0.2) is 0 Å². The zero-order chi connectivity index (χ0) is 18.8. The highest BCUT2D eigenvalue weighted by Gasteiger charge is 2.32. The van der Waals surface area contributed by atoms with Crippen LogP contribution < -0.4 is 9.64 Å². The highest BCUT2D eigenvalue weighted by molar-refractivity contribution is 5.80. The van der Waals surface area contributed by atoms with Crippen LogP contribution in [0.15, 0.2) is 36.7 Å². The van der Waals surface area contributed by atoms with Gasteiger partial charge in [-0.2, -0.15) is 0 Å². The number of nitrogens with zero attached hydrogens (tertiary/aromatic N) is 4. The van der Waals surface area contributed by atoms with Crippen LogP contribution in [-0.2, 0) is 11.2 Å². The lowest BCUT2D eigenvalue weighted by Crippen LogP contribution is -2.49. The molecule has 0 radical (unpaired) electrons. The van der Waals surface area contributed by atoms with E-state index in [-0.39, 0.29) is 11.8 Å². The second-order valence-electron chi connectivity index (χ2n) is 7.50. The highest BCUT2D eigenvalue weighted by atomic mass is 16.5. The molecule has 6 heteroatoms. The van der Waals surface area contributed by atoms with Crippen molar-refractivity contribution in [3.05, 3.63) is 47.9 Å². The van der Waals surface area contributed by atoms with E-state index >= 15 is 0 Å². The van der Waals surface area contributed by atoms with Crippen molar-refractivity contribution in [3.63, 3.8) is 0 Å². The lowest BCUT2D eigenvalue weighted by Gasteiger charge is -2.39. The monoisotopic (exact) mass is 366 g/mol. The van der Waals surface area contributed by atoms with Gasteiger partial charge in [-0.05, 0) is 37.8 Å². The molecule has 0 N–H and O–H groups in total. The van der Waals surface area contributed by atoms with Crippen LogP contribution in [-0.4, -0.2) is 53.6 Å². The average Bonchev–Trinajstić information content (AvgIpc) is 2.72. The Balaban J connectivity index is 1.34. The Morgan fingerprint density at radius 2 is 2.00 bits per heavy atom. The zero-order valence-electron chi connectivity index (χ0n) is 16.0. The number of anilines is 1. The number of carbonyl (C=O) groups is 1. The predicted octanol–water partition coefficient (Wildman–Crippen LogP) is 2.46. The number of likely N-dealkylation sites (tertiary alicyclic amines) is 1. The van der Waals surface area contributed by atoms with Crippen molar-refractivity contribution >= 4 is 11.7 Å². The molecule has 1 aromatic carbocycles. The number of rotatable bonds is 3. The van der Waals surface area contributed by atoms with Gasteiger partial charge in [0.2, 0.25) is 5.91 Å². The summed E-state index contributed by atoms with van der Waals surface area (Å²) in [6.07, 6.45) is 4.29. The van der Waals surface area contributed by atoms with E-state index in [1.165, 1.54) is 0 Å². The topological polar surface area (TPSA) is 58.6 Å². The van der Waals surface area contributed by atoms with E-state index in [2.05, 4.69) is 28.0 Å². The Bertz CT molecular complexity index is 817. The van der Waals surface area contributed by atoms with E-state index in [0.717, 1.165) is 55.2 Å². The molecule has 1 unspecified atom stereocenters. The first-order valence-corrected chi connectivity index (χ1v) is 9.63. The molecule has 4 rings (SSSR count). The SMILES string of the molecule is Cc1cc(N(C)C2CCN(C(=O)C3COc4ccccc4C3)CC2)ncn1. The fourth-order valence-corrected chi connectivity index (χ4v) is 4.04. The van der Waals surface area contributed by atoms with Gasteiger partial charge in [0.25, 0.3) is 0 Å². The number of carbonyl (C=O) groups excluding carboxylic acids is 1. The predicted molar refractivity (Wildman–Crippen MR) is 104 cm³/mol. The molecule has 3 heterocycles. The number of amides is 1. The summed E-state index contributed by atoms with van der Waals surface area (Å²) in [6, 6.07) is 10.4. The van der Waals surface area contributed by atoms with Gasteiger partial charge in [0, 0.05) is 37.9 Å². The number of piperidine rings is 1. The fourth-order valence-electron chi connectivity index (χ4n) is 4.04. The van der Waals surface area contributed by atoms with E-state index in [1.807, 2.05) is 36.1 Å². The first kappa shape index (κ1) is 17.8. The zero-order valence-corrected chi connectivity index (χ0v) is 16.0. The molecular formula is C21H26N4O2. The van der Waals surface area contributed by atoms with Crippen LogP contribution >= 0.6 is 0 Å². The van der Waals surface area contributed by atoms with Gasteiger partial charge >= 0.3 is 0 Å². The molecule has 27 heavy (non-hydrogen) atoms. The standard InChI is InChI=1S/C21H26N4O2/c1-15-11-20(23-14-22-15)24(2)18-7-9-25(10-8-18)21(26)17-12-16-5-3-4-6-19(16)27-13-17/h3-6,11,14,17-18H,7-10,12-13H2,1-2H3. The van der Waals surface area contributed by atoms with Crippen LogP contribution in [0.3, 0.4) is 0 Å². The number of hydrogen-bond acceptors (Lipinski definition) is 5. The molecule has 142 valence electrons.